The molecule has 0 bridgehead atoms. The molecule has 8 heteroatoms. The largest absolute Gasteiger partial charge is 0.493 e. The molecule has 0 unspecified atom stereocenters. The fourth-order valence-electron chi connectivity index (χ4n) is 3.05. The van der Waals surface area contributed by atoms with Gasteiger partial charge in [-0.15, -0.1) is 0 Å². The van der Waals surface area contributed by atoms with Gasteiger partial charge in [-0.3, -0.25) is 9.10 Å². The highest BCUT2D eigenvalue weighted by atomic mass is 32.2. The van der Waals surface area contributed by atoms with Crippen LogP contribution in [-0.4, -0.2) is 35.1 Å². The summed E-state index contributed by atoms with van der Waals surface area (Å²) in [6.07, 6.45) is 0. The van der Waals surface area contributed by atoms with Crippen LogP contribution >= 0.6 is 0 Å². The lowest BCUT2D eigenvalue weighted by Crippen LogP contribution is -2.38. The van der Waals surface area contributed by atoms with E-state index in [4.69, 9.17) is 9.47 Å². The van der Waals surface area contributed by atoms with Gasteiger partial charge in [0.2, 0.25) is 5.91 Å². The first-order valence-corrected chi connectivity index (χ1v) is 11.0. The molecule has 0 aromatic heterocycles. The minimum atomic E-state index is -4.02. The number of amides is 1. The number of carbonyl (C=O) groups excluding carboxylic acids is 1. The van der Waals surface area contributed by atoms with Crippen LogP contribution in [0, 0.1) is 6.92 Å². The number of ether oxygens (including phenoxy) is 2. The Bertz CT molecular complexity index is 1160. The van der Waals surface area contributed by atoms with Gasteiger partial charge in [-0.05, 0) is 42.8 Å². The van der Waals surface area contributed by atoms with Crippen molar-refractivity contribution < 1.29 is 22.7 Å². The summed E-state index contributed by atoms with van der Waals surface area (Å²) in [7, 11) is -1.07. The van der Waals surface area contributed by atoms with Crippen molar-refractivity contribution in [3.8, 4) is 11.5 Å². The maximum absolute atomic E-state index is 13.4. The van der Waals surface area contributed by atoms with E-state index >= 15 is 0 Å². The summed E-state index contributed by atoms with van der Waals surface area (Å²) in [5.41, 5.74) is 1.78. The molecular weight excluding hydrogens is 416 g/mol. The second-order valence-corrected chi connectivity index (χ2v) is 8.59. The number of carbonyl (C=O) groups is 1. The molecule has 0 aliphatic rings. The summed E-state index contributed by atoms with van der Waals surface area (Å²) in [4.78, 5) is 12.9. The van der Waals surface area contributed by atoms with Gasteiger partial charge in [0.15, 0.2) is 11.5 Å². The molecule has 0 spiro atoms. The molecule has 7 nitrogen and oxygen atoms in total. The van der Waals surface area contributed by atoms with Crippen molar-refractivity contribution in [2.75, 3.05) is 30.4 Å². The third-order valence-electron chi connectivity index (χ3n) is 4.69. The number of methoxy groups -OCH3 is 2. The maximum atomic E-state index is 13.4. The van der Waals surface area contributed by atoms with Crippen molar-refractivity contribution in [3.63, 3.8) is 0 Å². The smallest absolute Gasteiger partial charge is 0.264 e. The first-order chi connectivity index (χ1) is 14.9. The molecule has 1 amide bonds. The number of hydrogen-bond acceptors (Lipinski definition) is 5. The summed E-state index contributed by atoms with van der Waals surface area (Å²) >= 11 is 0. The number of aryl methyl sites for hydroxylation is 1. The number of hydrogen-bond donors (Lipinski definition) is 1. The molecule has 0 aliphatic heterocycles. The number of para-hydroxylation sites is 1. The van der Waals surface area contributed by atoms with Gasteiger partial charge in [0.25, 0.3) is 10.0 Å². The minimum absolute atomic E-state index is 0.0773. The molecule has 3 rings (SSSR count). The number of rotatable bonds is 8. The van der Waals surface area contributed by atoms with Crippen molar-refractivity contribution in [3.05, 3.63) is 78.4 Å². The van der Waals surface area contributed by atoms with Gasteiger partial charge in [-0.2, -0.15) is 0 Å². The molecule has 1 N–H and O–H groups in total. The summed E-state index contributed by atoms with van der Waals surface area (Å²) < 4.78 is 38.4. The molecule has 3 aromatic carbocycles. The van der Waals surface area contributed by atoms with E-state index in [1.165, 1.54) is 32.4 Å². The van der Waals surface area contributed by atoms with Gasteiger partial charge in [-0.25, -0.2) is 8.42 Å². The molecule has 0 aliphatic carbocycles. The van der Waals surface area contributed by atoms with Crippen LogP contribution in [0.2, 0.25) is 0 Å². The van der Waals surface area contributed by atoms with Gasteiger partial charge in [0.05, 0.1) is 24.8 Å². The number of nitrogens with one attached hydrogen (secondary N) is 1. The lowest BCUT2D eigenvalue weighted by molar-refractivity contribution is -0.114. The predicted octanol–water partition coefficient (Wildman–Crippen LogP) is 3.85. The summed E-state index contributed by atoms with van der Waals surface area (Å²) in [6.45, 7) is 1.45. The van der Waals surface area contributed by atoms with Gasteiger partial charge < -0.3 is 14.8 Å². The third kappa shape index (κ3) is 4.97. The predicted molar refractivity (Wildman–Crippen MR) is 120 cm³/mol. The van der Waals surface area contributed by atoms with Crippen molar-refractivity contribution in [1.29, 1.82) is 0 Å². The summed E-state index contributed by atoms with van der Waals surface area (Å²) in [6, 6.07) is 20.0. The zero-order valence-electron chi connectivity index (χ0n) is 17.5. The van der Waals surface area contributed by atoms with Crippen molar-refractivity contribution in [2.45, 2.75) is 11.8 Å². The summed E-state index contributed by atoms with van der Waals surface area (Å²) in [5.74, 6) is 0.337. The zero-order chi connectivity index (χ0) is 22.4. The topological polar surface area (TPSA) is 84.9 Å². The van der Waals surface area contributed by atoms with Gasteiger partial charge in [0, 0.05) is 11.8 Å². The molecule has 0 fully saturated rings. The van der Waals surface area contributed by atoms with E-state index in [1.54, 1.807) is 42.5 Å². The average molecular weight is 441 g/mol. The number of anilines is 2. The van der Waals surface area contributed by atoms with E-state index < -0.39 is 22.5 Å². The Hall–Kier alpha value is -3.52. The Balaban J connectivity index is 2.01. The highest BCUT2D eigenvalue weighted by Gasteiger charge is 2.28. The van der Waals surface area contributed by atoms with Crippen LogP contribution in [0.15, 0.2) is 77.7 Å². The van der Waals surface area contributed by atoms with Crippen molar-refractivity contribution in [2.24, 2.45) is 0 Å². The van der Waals surface area contributed by atoms with Crippen LogP contribution in [0.25, 0.3) is 0 Å². The number of nitrogens with zero attached hydrogens (tertiary/aromatic N) is 1. The monoisotopic (exact) mass is 440 g/mol. The number of benzene rings is 3. The molecule has 0 saturated carbocycles. The highest BCUT2D eigenvalue weighted by Crippen LogP contribution is 2.33. The molecule has 0 atom stereocenters. The lowest BCUT2D eigenvalue weighted by Gasteiger charge is -2.25. The van der Waals surface area contributed by atoms with Crippen LogP contribution < -0.4 is 19.1 Å². The van der Waals surface area contributed by atoms with Crippen LogP contribution in [0.3, 0.4) is 0 Å². The Labute approximate surface area is 182 Å². The highest BCUT2D eigenvalue weighted by molar-refractivity contribution is 7.92. The third-order valence-corrected chi connectivity index (χ3v) is 6.48. The van der Waals surface area contributed by atoms with Crippen LogP contribution in [-0.2, 0) is 14.8 Å². The van der Waals surface area contributed by atoms with Crippen LogP contribution in [0.4, 0.5) is 11.4 Å². The molecule has 31 heavy (non-hydrogen) atoms. The second kappa shape index (κ2) is 9.53. The first kappa shape index (κ1) is 22.2. The molecule has 0 radical (unpaired) electrons. The quantitative estimate of drug-likeness (QED) is 0.575. The maximum Gasteiger partial charge on any atom is 0.264 e. The standard InChI is InChI=1S/C23H24N2O5S/c1-17-9-7-8-12-20(17)24-23(26)16-25(31(27,28)19-10-5-4-6-11-19)18-13-14-21(29-2)22(15-18)30-3/h4-15H,16H2,1-3H3,(H,24,26). The van der Waals surface area contributed by atoms with E-state index in [0.29, 0.717) is 17.2 Å². The SMILES string of the molecule is COc1ccc(N(CC(=O)Nc2ccccc2C)S(=O)(=O)c2ccccc2)cc1OC. The van der Waals surface area contributed by atoms with Gasteiger partial charge in [0.1, 0.15) is 6.54 Å². The normalized spacial score (nSPS) is 10.9. The van der Waals surface area contributed by atoms with E-state index in [2.05, 4.69) is 5.32 Å². The lowest BCUT2D eigenvalue weighted by atomic mass is 10.2. The number of sulfonamides is 1. The Morgan fingerprint density at radius 3 is 2.19 bits per heavy atom. The molecule has 0 heterocycles. The van der Waals surface area contributed by atoms with Crippen molar-refractivity contribution in [1.82, 2.24) is 0 Å². The van der Waals surface area contributed by atoms with Crippen LogP contribution in [0.5, 0.6) is 11.5 Å². The minimum Gasteiger partial charge on any atom is -0.493 e. The average Bonchev–Trinajstić information content (AvgIpc) is 2.79. The Kier molecular flexibility index (Phi) is 6.81. The second-order valence-electron chi connectivity index (χ2n) is 6.73. The Morgan fingerprint density at radius 1 is 0.903 bits per heavy atom. The Morgan fingerprint density at radius 2 is 1.55 bits per heavy atom. The van der Waals surface area contributed by atoms with Gasteiger partial charge in [-0.1, -0.05) is 36.4 Å². The molecule has 162 valence electrons. The fourth-order valence-corrected chi connectivity index (χ4v) is 4.48. The van der Waals surface area contributed by atoms with E-state index in [1.807, 2.05) is 19.1 Å². The van der Waals surface area contributed by atoms with E-state index in [0.717, 1.165) is 9.87 Å². The fraction of sp³-hybridized carbons (Fsp3) is 0.174. The van der Waals surface area contributed by atoms with E-state index in [9.17, 15) is 13.2 Å². The molecule has 3 aromatic rings. The van der Waals surface area contributed by atoms with Crippen molar-refractivity contribution >= 4 is 27.3 Å². The van der Waals surface area contributed by atoms with Gasteiger partial charge >= 0.3 is 0 Å². The summed E-state index contributed by atoms with van der Waals surface area (Å²) in [5, 5.41) is 2.78. The molecule has 0 saturated heterocycles. The first-order valence-electron chi connectivity index (χ1n) is 9.52. The van der Waals surface area contributed by atoms with E-state index in [-0.39, 0.29) is 10.6 Å². The zero-order valence-corrected chi connectivity index (χ0v) is 18.3. The molecular formula is C23H24N2O5S. The van der Waals surface area contributed by atoms with Crippen LogP contribution in [0.1, 0.15) is 5.56 Å².